The molecule has 1 aliphatic carbocycles. The van der Waals surface area contributed by atoms with Crippen LogP contribution in [0.3, 0.4) is 0 Å². The number of hydrogen-bond acceptors (Lipinski definition) is 5. The molecule has 0 unspecified atom stereocenters. The fourth-order valence-corrected chi connectivity index (χ4v) is 3.35. The first-order chi connectivity index (χ1) is 13.0. The number of likely N-dealkylation sites (tertiary alicyclic amines) is 1. The minimum Gasteiger partial charge on any atom is -0.440 e. The Hall–Kier alpha value is -2.96. The average molecular weight is 367 g/mol. The number of oxazole rings is 1. The summed E-state index contributed by atoms with van der Waals surface area (Å²) in [6, 6.07) is 8.29. The Morgan fingerprint density at radius 2 is 1.93 bits per heavy atom. The van der Waals surface area contributed by atoms with Crippen LogP contribution in [0.2, 0.25) is 0 Å². The lowest BCUT2D eigenvalue weighted by Crippen LogP contribution is -2.44. The summed E-state index contributed by atoms with van der Waals surface area (Å²) in [6.07, 6.45) is 1.88. The van der Waals surface area contributed by atoms with E-state index in [-0.39, 0.29) is 35.9 Å². The highest BCUT2D eigenvalue weighted by Crippen LogP contribution is 2.43. The zero-order valence-corrected chi connectivity index (χ0v) is 15.3. The van der Waals surface area contributed by atoms with Gasteiger partial charge < -0.3 is 9.73 Å². The van der Waals surface area contributed by atoms with E-state index in [2.05, 4.69) is 10.3 Å². The SMILES string of the molecule is CC(C)N1C(=O)C[C@@H](NC(=O)c2nc(-c3ccccc3)oc2C2CC2)C1=O. The van der Waals surface area contributed by atoms with Crippen LogP contribution >= 0.6 is 0 Å². The van der Waals surface area contributed by atoms with E-state index in [0.29, 0.717) is 11.7 Å². The minimum absolute atomic E-state index is 0.0229. The molecule has 7 nitrogen and oxygen atoms in total. The van der Waals surface area contributed by atoms with Gasteiger partial charge in [0.05, 0.1) is 6.42 Å². The van der Waals surface area contributed by atoms with Gasteiger partial charge in [-0.15, -0.1) is 0 Å². The average Bonchev–Trinajstić information content (AvgIpc) is 3.32. The van der Waals surface area contributed by atoms with Crippen LogP contribution in [0.1, 0.15) is 55.3 Å². The topological polar surface area (TPSA) is 92.5 Å². The predicted octanol–water partition coefficient (Wildman–Crippen LogP) is 2.48. The Morgan fingerprint density at radius 1 is 1.22 bits per heavy atom. The molecule has 1 atom stereocenters. The van der Waals surface area contributed by atoms with Crippen molar-refractivity contribution in [2.24, 2.45) is 0 Å². The van der Waals surface area contributed by atoms with E-state index in [1.54, 1.807) is 13.8 Å². The van der Waals surface area contributed by atoms with E-state index in [9.17, 15) is 14.4 Å². The second-order valence-corrected chi connectivity index (χ2v) is 7.30. The summed E-state index contributed by atoms with van der Waals surface area (Å²) < 4.78 is 5.88. The smallest absolute Gasteiger partial charge is 0.274 e. The number of nitrogens with zero attached hydrogens (tertiary/aromatic N) is 2. The molecule has 2 aliphatic rings. The summed E-state index contributed by atoms with van der Waals surface area (Å²) in [7, 11) is 0. The maximum Gasteiger partial charge on any atom is 0.274 e. The van der Waals surface area contributed by atoms with Crippen LogP contribution in [0.25, 0.3) is 11.5 Å². The molecule has 7 heteroatoms. The first-order valence-electron chi connectivity index (χ1n) is 9.18. The van der Waals surface area contributed by atoms with Crippen LogP contribution in [-0.2, 0) is 9.59 Å². The van der Waals surface area contributed by atoms with E-state index < -0.39 is 11.9 Å². The van der Waals surface area contributed by atoms with E-state index in [1.165, 1.54) is 4.90 Å². The second kappa shape index (κ2) is 6.64. The van der Waals surface area contributed by atoms with Gasteiger partial charge in [0, 0.05) is 17.5 Å². The molecule has 1 N–H and O–H groups in total. The Morgan fingerprint density at radius 3 is 2.52 bits per heavy atom. The third kappa shape index (κ3) is 3.25. The highest BCUT2D eigenvalue weighted by Gasteiger charge is 2.42. The van der Waals surface area contributed by atoms with Crippen molar-refractivity contribution in [2.45, 2.75) is 51.1 Å². The number of hydrogen-bond donors (Lipinski definition) is 1. The number of benzene rings is 1. The van der Waals surface area contributed by atoms with Crippen LogP contribution in [0, 0.1) is 0 Å². The van der Waals surface area contributed by atoms with Crippen LogP contribution < -0.4 is 5.32 Å². The van der Waals surface area contributed by atoms with Gasteiger partial charge in [-0.05, 0) is 38.8 Å². The van der Waals surface area contributed by atoms with Crippen molar-refractivity contribution < 1.29 is 18.8 Å². The Labute approximate surface area is 156 Å². The zero-order valence-electron chi connectivity index (χ0n) is 15.3. The van der Waals surface area contributed by atoms with Gasteiger partial charge in [-0.25, -0.2) is 4.98 Å². The quantitative estimate of drug-likeness (QED) is 0.820. The lowest BCUT2D eigenvalue weighted by atomic mass is 10.2. The summed E-state index contributed by atoms with van der Waals surface area (Å²) in [5.41, 5.74) is 0.996. The molecule has 4 rings (SSSR count). The van der Waals surface area contributed by atoms with Gasteiger partial charge in [-0.2, -0.15) is 0 Å². The minimum atomic E-state index is -0.851. The van der Waals surface area contributed by atoms with Crippen molar-refractivity contribution in [3.63, 3.8) is 0 Å². The predicted molar refractivity (Wildman–Crippen MR) is 96.8 cm³/mol. The van der Waals surface area contributed by atoms with Crippen molar-refractivity contribution in [1.82, 2.24) is 15.2 Å². The van der Waals surface area contributed by atoms with Crippen LogP contribution in [0.4, 0.5) is 0 Å². The molecule has 3 amide bonds. The molecule has 2 fully saturated rings. The molecule has 1 aliphatic heterocycles. The van der Waals surface area contributed by atoms with Gasteiger partial charge in [0.2, 0.25) is 11.8 Å². The number of rotatable bonds is 5. The van der Waals surface area contributed by atoms with Crippen molar-refractivity contribution in [3.05, 3.63) is 41.8 Å². The first kappa shape index (κ1) is 17.5. The molecule has 0 radical (unpaired) electrons. The van der Waals surface area contributed by atoms with Gasteiger partial charge in [-0.1, -0.05) is 18.2 Å². The van der Waals surface area contributed by atoms with Gasteiger partial charge in [-0.3, -0.25) is 19.3 Å². The van der Waals surface area contributed by atoms with Crippen LogP contribution in [0.15, 0.2) is 34.7 Å². The molecular weight excluding hydrogens is 346 g/mol. The first-order valence-corrected chi connectivity index (χ1v) is 9.18. The molecule has 1 saturated carbocycles. The normalized spacial score (nSPS) is 19.8. The molecular formula is C20H21N3O4. The summed E-state index contributed by atoms with van der Waals surface area (Å²) in [4.78, 5) is 42.9. The van der Waals surface area contributed by atoms with E-state index in [4.69, 9.17) is 4.42 Å². The summed E-state index contributed by atoms with van der Waals surface area (Å²) >= 11 is 0. The maximum absolute atomic E-state index is 12.8. The Bertz CT molecular complexity index is 899. The largest absolute Gasteiger partial charge is 0.440 e. The van der Waals surface area contributed by atoms with Crippen molar-refractivity contribution in [2.75, 3.05) is 0 Å². The summed E-state index contributed by atoms with van der Waals surface area (Å²) in [5, 5.41) is 2.67. The highest BCUT2D eigenvalue weighted by molar-refractivity contribution is 6.08. The number of carbonyl (C=O) groups excluding carboxylic acids is 3. The van der Waals surface area contributed by atoms with Crippen LogP contribution in [-0.4, -0.2) is 39.7 Å². The molecule has 1 aromatic heterocycles. The number of imide groups is 1. The van der Waals surface area contributed by atoms with Crippen LogP contribution in [0.5, 0.6) is 0 Å². The molecule has 2 heterocycles. The Kier molecular flexibility index (Phi) is 4.30. The molecule has 140 valence electrons. The molecule has 1 aromatic carbocycles. The molecule has 1 saturated heterocycles. The van der Waals surface area contributed by atoms with Crippen molar-refractivity contribution >= 4 is 17.7 Å². The van der Waals surface area contributed by atoms with Gasteiger partial charge in [0.15, 0.2) is 5.69 Å². The molecule has 2 aromatic rings. The third-order valence-electron chi connectivity index (χ3n) is 4.84. The van der Waals surface area contributed by atoms with Crippen molar-refractivity contribution in [1.29, 1.82) is 0 Å². The van der Waals surface area contributed by atoms with Gasteiger partial charge in [0.1, 0.15) is 11.8 Å². The summed E-state index contributed by atoms with van der Waals surface area (Å²) in [6.45, 7) is 3.55. The molecule has 27 heavy (non-hydrogen) atoms. The third-order valence-corrected chi connectivity index (χ3v) is 4.84. The standard InChI is InChI=1S/C20H21N3O4/c1-11(2)23-15(24)10-14(20(23)26)21-18(25)16-17(12-8-9-12)27-19(22-16)13-6-4-3-5-7-13/h3-7,11-12,14H,8-10H2,1-2H3,(H,21,25)/t14-/m1/s1. The summed E-state index contributed by atoms with van der Waals surface area (Å²) in [5.74, 6) is 0.0171. The number of nitrogens with one attached hydrogen (secondary N) is 1. The lowest BCUT2D eigenvalue weighted by molar-refractivity contribution is -0.140. The maximum atomic E-state index is 12.8. The number of carbonyl (C=O) groups is 3. The van der Waals surface area contributed by atoms with Gasteiger partial charge >= 0.3 is 0 Å². The molecule has 0 spiro atoms. The highest BCUT2D eigenvalue weighted by atomic mass is 16.4. The lowest BCUT2D eigenvalue weighted by Gasteiger charge is -2.19. The van der Waals surface area contributed by atoms with E-state index >= 15 is 0 Å². The monoisotopic (exact) mass is 367 g/mol. The van der Waals surface area contributed by atoms with E-state index in [1.807, 2.05) is 30.3 Å². The van der Waals surface area contributed by atoms with E-state index in [0.717, 1.165) is 18.4 Å². The zero-order chi connectivity index (χ0) is 19.1. The fraction of sp³-hybridized carbons (Fsp3) is 0.400. The number of amides is 3. The fourth-order valence-electron chi connectivity index (χ4n) is 3.35. The Balaban J connectivity index is 1.58. The van der Waals surface area contributed by atoms with Crippen molar-refractivity contribution in [3.8, 4) is 11.5 Å². The van der Waals surface area contributed by atoms with Gasteiger partial charge in [0.25, 0.3) is 11.8 Å². The number of aromatic nitrogens is 1. The molecule has 0 bridgehead atoms. The second-order valence-electron chi connectivity index (χ2n) is 7.30.